The second-order valence-corrected chi connectivity index (χ2v) is 6.84. The highest BCUT2D eigenvalue weighted by Crippen LogP contribution is 2.13. The predicted molar refractivity (Wildman–Crippen MR) is 86.8 cm³/mol. The molecular weight excluding hydrogens is 319 g/mol. The van der Waals surface area contributed by atoms with Gasteiger partial charge < -0.3 is 5.32 Å². The number of hydrogen-bond acceptors (Lipinski definition) is 3. The molecule has 7 heteroatoms. The Morgan fingerprint density at radius 2 is 1.74 bits per heavy atom. The van der Waals surface area contributed by atoms with E-state index in [1.807, 2.05) is 19.1 Å². The predicted octanol–water partition coefficient (Wildman–Crippen LogP) is 2.19. The van der Waals surface area contributed by atoms with E-state index >= 15 is 0 Å². The molecule has 0 spiro atoms. The molecular formula is C16H17FN2O3S. The van der Waals surface area contributed by atoms with Crippen LogP contribution in [0.1, 0.15) is 11.1 Å². The summed E-state index contributed by atoms with van der Waals surface area (Å²) in [5.41, 5.74) is 1.54. The second kappa shape index (κ2) is 7.34. The molecule has 2 aromatic rings. The molecule has 0 aromatic heterocycles. The number of rotatable bonds is 6. The lowest BCUT2D eigenvalue weighted by molar-refractivity contribution is -0.115. The molecule has 0 radical (unpaired) electrons. The minimum atomic E-state index is -3.81. The lowest BCUT2D eigenvalue weighted by Crippen LogP contribution is -2.33. The molecule has 2 N–H and O–H groups in total. The standard InChI is InChI=1S/C16H17FN2O3S/c1-12-6-2-5-9-15(12)19-16(20)10-18-23(21,22)11-13-7-3-4-8-14(13)17/h2-9,18H,10-11H2,1H3,(H,19,20). The highest BCUT2D eigenvalue weighted by molar-refractivity contribution is 7.88. The number of carbonyl (C=O) groups excluding carboxylic acids is 1. The fourth-order valence-electron chi connectivity index (χ4n) is 1.95. The van der Waals surface area contributed by atoms with E-state index in [1.165, 1.54) is 18.2 Å². The lowest BCUT2D eigenvalue weighted by atomic mass is 10.2. The Morgan fingerprint density at radius 3 is 2.43 bits per heavy atom. The van der Waals surface area contributed by atoms with Gasteiger partial charge in [0.2, 0.25) is 15.9 Å². The van der Waals surface area contributed by atoms with Crippen molar-refractivity contribution in [3.63, 3.8) is 0 Å². The molecule has 5 nitrogen and oxygen atoms in total. The van der Waals surface area contributed by atoms with Crippen molar-refractivity contribution in [2.75, 3.05) is 11.9 Å². The summed E-state index contributed by atoms with van der Waals surface area (Å²) < 4.78 is 39.5. The molecule has 0 aliphatic carbocycles. The molecule has 0 aliphatic rings. The third kappa shape index (κ3) is 5.15. The van der Waals surface area contributed by atoms with Gasteiger partial charge >= 0.3 is 0 Å². The number of aryl methyl sites for hydroxylation is 1. The first-order valence-corrected chi connectivity index (χ1v) is 8.59. The van der Waals surface area contributed by atoms with Gasteiger partial charge in [-0.15, -0.1) is 0 Å². The Labute approximate surface area is 134 Å². The van der Waals surface area contributed by atoms with Crippen molar-refractivity contribution < 1.29 is 17.6 Å². The number of para-hydroxylation sites is 1. The van der Waals surface area contributed by atoms with Crippen LogP contribution < -0.4 is 10.0 Å². The van der Waals surface area contributed by atoms with Crippen molar-refractivity contribution >= 4 is 21.6 Å². The van der Waals surface area contributed by atoms with E-state index in [4.69, 9.17) is 0 Å². The zero-order chi connectivity index (χ0) is 16.9. The van der Waals surface area contributed by atoms with E-state index in [-0.39, 0.29) is 5.56 Å². The third-order valence-electron chi connectivity index (χ3n) is 3.18. The van der Waals surface area contributed by atoms with Gasteiger partial charge in [-0.05, 0) is 24.6 Å². The van der Waals surface area contributed by atoms with Gasteiger partial charge in [0.1, 0.15) is 5.82 Å². The summed E-state index contributed by atoms with van der Waals surface area (Å²) in [6.45, 7) is 1.42. The summed E-state index contributed by atoms with van der Waals surface area (Å²) in [6, 6.07) is 12.8. The monoisotopic (exact) mass is 336 g/mol. The summed E-state index contributed by atoms with van der Waals surface area (Å²) in [4.78, 5) is 11.8. The summed E-state index contributed by atoms with van der Waals surface area (Å²) in [5, 5.41) is 2.62. The SMILES string of the molecule is Cc1ccccc1NC(=O)CNS(=O)(=O)Cc1ccccc1F. The Kier molecular flexibility index (Phi) is 5.46. The number of amides is 1. The van der Waals surface area contributed by atoms with E-state index in [1.54, 1.807) is 18.2 Å². The average molecular weight is 336 g/mol. The van der Waals surface area contributed by atoms with E-state index in [0.29, 0.717) is 5.69 Å². The number of anilines is 1. The first-order valence-electron chi connectivity index (χ1n) is 6.93. The number of nitrogens with one attached hydrogen (secondary N) is 2. The summed E-state index contributed by atoms with van der Waals surface area (Å²) in [5.74, 6) is -1.60. The van der Waals surface area contributed by atoms with Gasteiger partial charge in [-0.3, -0.25) is 4.79 Å². The topological polar surface area (TPSA) is 75.3 Å². The molecule has 2 aromatic carbocycles. The van der Waals surface area contributed by atoms with Gasteiger partial charge in [-0.1, -0.05) is 36.4 Å². The van der Waals surface area contributed by atoms with Gasteiger partial charge in [0.05, 0.1) is 12.3 Å². The van der Waals surface area contributed by atoms with E-state index in [0.717, 1.165) is 5.56 Å². The molecule has 2 rings (SSSR count). The lowest BCUT2D eigenvalue weighted by Gasteiger charge is -2.10. The van der Waals surface area contributed by atoms with E-state index in [2.05, 4.69) is 10.0 Å². The normalized spacial score (nSPS) is 11.2. The van der Waals surface area contributed by atoms with Crippen LogP contribution in [-0.4, -0.2) is 20.9 Å². The maximum absolute atomic E-state index is 13.5. The molecule has 0 saturated carbocycles. The van der Waals surface area contributed by atoms with Crippen molar-refractivity contribution in [3.8, 4) is 0 Å². The molecule has 0 fully saturated rings. The van der Waals surface area contributed by atoms with Crippen LogP contribution in [0.15, 0.2) is 48.5 Å². The van der Waals surface area contributed by atoms with Crippen LogP contribution in [0.5, 0.6) is 0 Å². The van der Waals surface area contributed by atoms with Crippen molar-refractivity contribution in [2.24, 2.45) is 0 Å². The average Bonchev–Trinajstić information content (AvgIpc) is 2.50. The highest BCUT2D eigenvalue weighted by atomic mass is 32.2. The molecule has 0 heterocycles. The summed E-state index contributed by atoms with van der Waals surface area (Å²) in [7, 11) is -3.81. The second-order valence-electron chi connectivity index (χ2n) is 5.03. The van der Waals surface area contributed by atoms with Crippen LogP contribution in [-0.2, 0) is 20.6 Å². The molecule has 23 heavy (non-hydrogen) atoms. The van der Waals surface area contributed by atoms with Crippen LogP contribution in [0.2, 0.25) is 0 Å². The molecule has 0 bridgehead atoms. The Balaban J connectivity index is 1.93. The Morgan fingerprint density at radius 1 is 1.09 bits per heavy atom. The maximum atomic E-state index is 13.5. The number of halogens is 1. The quantitative estimate of drug-likeness (QED) is 0.849. The van der Waals surface area contributed by atoms with Crippen LogP contribution in [0.25, 0.3) is 0 Å². The van der Waals surface area contributed by atoms with Crippen LogP contribution in [0, 0.1) is 12.7 Å². The van der Waals surface area contributed by atoms with Crippen molar-refractivity contribution in [1.29, 1.82) is 0 Å². The van der Waals surface area contributed by atoms with Gasteiger partial charge in [0.25, 0.3) is 0 Å². The van der Waals surface area contributed by atoms with Gasteiger partial charge in [-0.2, -0.15) is 0 Å². The summed E-state index contributed by atoms with van der Waals surface area (Å²) in [6.07, 6.45) is 0. The number of hydrogen-bond donors (Lipinski definition) is 2. The fourth-order valence-corrected chi connectivity index (χ4v) is 3.05. The zero-order valence-corrected chi connectivity index (χ0v) is 13.4. The fraction of sp³-hybridized carbons (Fsp3) is 0.188. The first kappa shape index (κ1) is 17.1. The minimum Gasteiger partial charge on any atom is -0.325 e. The minimum absolute atomic E-state index is 0.0549. The smallest absolute Gasteiger partial charge is 0.239 e. The Bertz CT molecular complexity index is 806. The Hall–Kier alpha value is -2.25. The van der Waals surface area contributed by atoms with Crippen LogP contribution in [0.4, 0.5) is 10.1 Å². The molecule has 122 valence electrons. The number of sulfonamides is 1. The largest absolute Gasteiger partial charge is 0.325 e. The van der Waals surface area contributed by atoms with Crippen molar-refractivity contribution in [1.82, 2.24) is 4.72 Å². The molecule has 0 atom stereocenters. The molecule has 1 amide bonds. The zero-order valence-electron chi connectivity index (χ0n) is 12.5. The third-order valence-corrected chi connectivity index (χ3v) is 4.45. The van der Waals surface area contributed by atoms with E-state index < -0.39 is 34.0 Å². The maximum Gasteiger partial charge on any atom is 0.239 e. The number of benzene rings is 2. The van der Waals surface area contributed by atoms with Gasteiger partial charge in [-0.25, -0.2) is 17.5 Å². The van der Waals surface area contributed by atoms with E-state index in [9.17, 15) is 17.6 Å². The number of carbonyl (C=O) groups is 1. The van der Waals surface area contributed by atoms with Crippen LogP contribution in [0.3, 0.4) is 0 Å². The summed E-state index contributed by atoms with van der Waals surface area (Å²) >= 11 is 0. The molecule has 0 saturated heterocycles. The van der Waals surface area contributed by atoms with Gasteiger partial charge in [0.15, 0.2) is 0 Å². The molecule has 0 aliphatic heterocycles. The van der Waals surface area contributed by atoms with Crippen molar-refractivity contribution in [2.45, 2.75) is 12.7 Å². The molecule has 0 unspecified atom stereocenters. The first-order chi connectivity index (χ1) is 10.9. The van der Waals surface area contributed by atoms with Crippen LogP contribution >= 0.6 is 0 Å². The van der Waals surface area contributed by atoms with Gasteiger partial charge in [0, 0.05) is 11.3 Å². The highest BCUT2D eigenvalue weighted by Gasteiger charge is 2.16. The van der Waals surface area contributed by atoms with Crippen molar-refractivity contribution in [3.05, 3.63) is 65.5 Å².